The van der Waals surface area contributed by atoms with Crippen molar-refractivity contribution in [2.75, 3.05) is 5.32 Å². The number of aromatic nitrogens is 3. The van der Waals surface area contributed by atoms with Crippen molar-refractivity contribution in [1.29, 1.82) is 0 Å². The highest BCUT2D eigenvalue weighted by molar-refractivity contribution is 9.10. The molecule has 0 bridgehead atoms. The molecule has 8 heteroatoms. The standard InChI is InChI=1S/C24H22BrClN6/c1-4-19-12-16(8-9-32(19)29-5-2)11-17-6-7-18(10-15(17)3)30-24-22-21(27-14-28-24)13-20(25)23(26)31-22/h4-10,12-14H,11H2,1-3H3,(H,27,28,30)/b19-4?,29-5-. The van der Waals surface area contributed by atoms with Crippen molar-refractivity contribution in [1.82, 2.24) is 20.0 Å². The molecule has 1 N–H and O–H groups in total. The van der Waals surface area contributed by atoms with Crippen molar-refractivity contribution in [3.8, 4) is 0 Å². The highest BCUT2D eigenvalue weighted by atomic mass is 79.9. The molecule has 3 heterocycles. The SMILES string of the molecule is CC=C1C=C(Cc2ccc(Nc3ncnc4cc(Br)c(Cl)nc34)cc2C)C=CN1/N=C\C. The smallest absolute Gasteiger partial charge is 0.160 e. The number of benzene rings is 1. The van der Waals surface area contributed by atoms with Gasteiger partial charge in [-0.1, -0.05) is 23.7 Å². The molecule has 0 amide bonds. The van der Waals surface area contributed by atoms with Gasteiger partial charge in [0.15, 0.2) is 5.82 Å². The van der Waals surface area contributed by atoms with Crippen LogP contribution in [0.2, 0.25) is 5.15 Å². The van der Waals surface area contributed by atoms with E-state index in [0.717, 1.165) is 17.8 Å². The van der Waals surface area contributed by atoms with E-state index < -0.39 is 0 Å². The summed E-state index contributed by atoms with van der Waals surface area (Å²) < 4.78 is 0.702. The number of fused-ring (bicyclic) bond motifs is 1. The Morgan fingerprint density at radius 2 is 2.06 bits per heavy atom. The average Bonchev–Trinajstić information content (AvgIpc) is 2.78. The van der Waals surface area contributed by atoms with Crippen molar-refractivity contribution in [3.63, 3.8) is 0 Å². The van der Waals surface area contributed by atoms with Crippen LogP contribution in [0.15, 0.2) is 75.9 Å². The van der Waals surface area contributed by atoms with E-state index in [1.54, 1.807) is 6.21 Å². The summed E-state index contributed by atoms with van der Waals surface area (Å²) in [7, 11) is 0. The third kappa shape index (κ3) is 4.74. The van der Waals surface area contributed by atoms with E-state index in [1.807, 2.05) is 37.2 Å². The first kappa shape index (κ1) is 22.2. The van der Waals surface area contributed by atoms with Crippen molar-refractivity contribution >= 4 is 56.3 Å². The summed E-state index contributed by atoms with van der Waals surface area (Å²) in [5.74, 6) is 0.615. The molecule has 0 saturated heterocycles. The lowest BCUT2D eigenvalue weighted by Crippen LogP contribution is -2.12. The molecule has 32 heavy (non-hydrogen) atoms. The maximum atomic E-state index is 6.18. The molecule has 162 valence electrons. The van der Waals surface area contributed by atoms with Crippen LogP contribution in [0.5, 0.6) is 0 Å². The van der Waals surface area contributed by atoms with Gasteiger partial charge in [-0.15, -0.1) is 0 Å². The Balaban J connectivity index is 1.56. The summed E-state index contributed by atoms with van der Waals surface area (Å²) in [6.07, 6.45) is 12.5. The topological polar surface area (TPSA) is 66.3 Å². The van der Waals surface area contributed by atoms with Crippen LogP contribution in [-0.2, 0) is 6.42 Å². The fourth-order valence-electron chi connectivity index (χ4n) is 3.47. The molecule has 0 spiro atoms. The van der Waals surface area contributed by atoms with Gasteiger partial charge in [0, 0.05) is 18.1 Å². The van der Waals surface area contributed by atoms with Gasteiger partial charge in [0.25, 0.3) is 0 Å². The number of allylic oxidation sites excluding steroid dienone is 4. The molecule has 6 nitrogen and oxygen atoms in total. The largest absolute Gasteiger partial charge is 0.338 e. The van der Waals surface area contributed by atoms with Crippen LogP contribution in [0.25, 0.3) is 11.0 Å². The van der Waals surface area contributed by atoms with Gasteiger partial charge in [0.2, 0.25) is 0 Å². The second kappa shape index (κ2) is 9.63. The van der Waals surface area contributed by atoms with Crippen LogP contribution in [0, 0.1) is 6.92 Å². The van der Waals surface area contributed by atoms with E-state index in [-0.39, 0.29) is 0 Å². The van der Waals surface area contributed by atoms with E-state index in [0.29, 0.717) is 26.5 Å². The molecule has 1 aliphatic rings. The Morgan fingerprint density at radius 3 is 2.81 bits per heavy atom. The lowest BCUT2D eigenvalue weighted by molar-refractivity contribution is 0.509. The number of halogens is 2. The first-order valence-electron chi connectivity index (χ1n) is 10.1. The molecule has 1 aromatic carbocycles. The van der Waals surface area contributed by atoms with Gasteiger partial charge in [-0.05, 0) is 90.2 Å². The number of rotatable bonds is 5. The molecule has 4 rings (SSSR count). The van der Waals surface area contributed by atoms with Crippen LogP contribution in [0.1, 0.15) is 25.0 Å². The quantitative estimate of drug-likeness (QED) is 0.306. The first-order chi connectivity index (χ1) is 15.5. The molecule has 3 aromatic rings. The molecular formula is C24H22BrClN6. The van der Waals surface area contributed by atoms with E-state index in [2.05, 4.69) is 78.6 Å². The molecule has 2 aromatic heterocycles. The maximum Gasteiger partial charge on any atom is 0.160 e. The highest BCUT2D eigenvalue weighted by Gasteiger charge is 2.12. The molecule has 1 aliphatic heterocycles. The fourth-order valence-corrected chi connectivity index (χ4v) is 3.92. The van der Waals surface area contributed by atoms with Gasteiger partial charge in [0.1, 0.15) is 17.0 Å². The third-order valence-electron chi connectivity index (χ3n) is 5.08. The Labute approximate surface area is 200 Å². The summed E-state index contributed by atoms with van der Waals surface area (Å²) in [5.41, 5.74) is 7.00. The number of hydrazone groups is 1. The number of hydrogen-bond donors (Lipinski definition) is 1. The fraction of sp³-hybridized carbons (Fsp3) is 0.167. The lowest BCUT2D eigenvalue weighted by Gasteiger charge is -2.21. The zero-order chi connectivity index (χ0) is 22.7. The van der Waals surface area contributed by atoms with Crippen LogP contribution in [-0.4, -0.2) is 26.2 Å². The minimum atomic E-state index is 0.374. The summed E-state index contributed by atoms with van der Waals surface area (Å²) in [6, 6.07) is 8.14. The normalized spacial score (nSPS) is 15.1. The van der Waals surface area contributed by atoms with Crippen molar-refractivity contribution in [3.05, 3.63) is 87.0 Å². The molecule has 0 fully saturated rings. The molecule has 0 aliphatic carbocycles. The van der Waals surface area contributed by atoms with E-state index in [4.69, 9.17) is 11.6 Å². The summed E-state index contributed by atoms with van der Waals surface area (Å²) in [4.78, 5) is 13.1. The summed E-state index contributed by atoms with van der Waals surface area (Å²) >= 11 is 9.57. The van der Waals surface area contributed by atoms with Crippen LogP contribution >= 0.6 is 27.5 Å². The second-order valence-corrected chi connectivity index (χ2v) is 8.47. The minimum absolute atomic E-state index is 0.374. The van der Waals surface area contributed by atoms with E-state index >= 15 is 0 Å². The average molecular weight is 510 g/mol. The molecule has 0 radical (unpaired) electrons. The Morgan fingerprint density at radius 1 is 1.22 bits per heavy atom. The lowest BCUT2D eigenvalue weighted by atomic mass is 9.98. The van der Waals surface area contributed by atoms with Crippen LogP contribution < -0.4 is 5.32 Å². The van der Waals surface area contributed by atoms with Gasteiger partial charge in [0.05, 0.1) is 15.7 Å². The second-order valence-electron chi connectivity index (χ2n) is 7.26. The molecule has 0 unspecified atom stereocenters. The van der Waals surface area contributed by atoms with Gasteiger partial charge in [-0.2, -0.15) is 5.10 Å². The van der Waals surface area contributed by atoms with Crippen molar-refractivity contribution in [2.24, 2.45) is 5.10 Å². The van der Waals surface area contributed by atoms with Gasteiger partial charge < -0.3 is 5.32 Å². The zero-order valence-electron chi connectivity index (χ0n) is 18.0. The zero-order valence-corrected chi connectivity index (χ0v) is 20.3. The Bertz CT molecular complexity index is 1300. The third-order valence-corrected chi connectivity index (χ3v) is 6.21. The Kier molecular flexibility index (Phi) is 6.67. The van der Waals surface area contributed by atoms with E-state index in [1.165, 1.54) is 23.0 Å². The van der Waals surface area contributed by atoms with Crippen molar-refractivity contribution < 1.29 is 0 Å². The maximum absolute atomic E-state index is 6.18. The predicted molar refractivity (Wildman–Crippen MR) is 135 cm³/mol. The number of nitrogens with one attached hydrogen (secondary N) is 1. The number of hydrogen-bond acceptors (Lipinski definition) is 6. The predicted octanol–water partition coefficient (Wildman–Crippen LogP) is 6.70. The van der Waals surface area contributed by atoms with Gasteiger partial charge in [-0.3, -0.25) is 0 Å². The summed E-state index contributed by atoms with van der Waals surface area (Å²) in [6.45, 7) is 6.04. The van der Waals surface area contributed by atoms with Crippen LogP contribution in [0.3, 0.4) is 0 Å². The molecular weight excluding hydrogens is 488 g/mol. The first-order valence-corrected chi connectivity index (χ1v) is 11.3. The van der Waals surface area contributed by atoms with Gasteiger partial charge in [-0.25, -0.2) is 20.0 Å². The number of pyridine rings is 1. The number of nitrogens with zero attached hydrogens (tertiary/aromatic N) is 5. The molecule has 0 saturated carbocycles. The van der Waals surface area contributed by atoms with E-state index in [9.17, 15) is 0 Å². The number of aryl methyl sites for hydroxylation is 1. The number of anilines is 2. The van der Waals surface area contributed by atoms with Crippen molar-refractivity contribution in [2.45, 2.75) is 27.2 Å². The van der Waals surface area contributed by atoms with Crippen LogP contribution in [0.4, 0.5) is 11.5 Å². The Hall–Kier alpha value is -3.03. The van der Waals surface area contributed by atoms with Gasteiger partial charge >= 0.3 is 0 Å². The monoisotopic (exact) mass is 508 g/mol. The highest BCUT2D eigenvalue weighted by Crippen LogP contribution is 2.29. The minimum Gasteiger partial charge on any atom is -0.338 e. The summed E-state index contributed by atoms with van der Waals surface area (Å²) in [5, 5.41) is 9.95. The molecule has 0 atom stereocenters.